The fraction of sp³-hybridized carbons (Fsp3) is 0.769. The van der Waals surface area contributed by atoms with Gasteiger partial charge in [0.25, 0.3) is 0 Å². The lowest BCUT2D eigenvalue weighted by atomic mass is 9.84. The molecule has 0 radical (unpaired) electrons. The molecule has 6 atom stereocenters. The van der Waals surface area contributed by atoms with E-state index in [4.69, 9.17) is 14.6 Å². The Hall–Kier alpha value is -1.21. The molecule has 1 aliphatic heterocycles. The minimum atomic E-state index is -1.66. The van der Waals surface area contributed by atoms with E-state index in [1.165, 1.54) is 24.6 Å². The molecular formula is C13H20N2O8S. The van der Waals surface area contributed by atoms with Gasteiger partial charge in [0, 0.05) is 30.0 Å². The Labute approximate surface area is 141 Å². The molecule has 0 amide bonds. The molecule has 1 aromatic heterocycles. The van der Waals surface area contributed by atoms with Crippen LogP contribution in [-0.4, -0.2) is 75.0 Å². The van der Waals surface area contributed by atoms with Crippen LogP contribution in [0.4, 0.5) is 0 Å². The van der Waals surface area contributed by atoms with Gasteiger partial charge in [-0.05, 0) is 0 Å². The average Bonchev–Trinajstić information content (AvgIpc) is 3.10. The summed E-state index contributed by atoms with van der Waals surface area (Å²) in [5.41, 5.74) is 0. The number of hydrogen-bond acceptors (Lipinski definition) is 10. The molecule has 0 bridgehead atoms. The van der Waals surface area contributed by atoms with Crippen molar-refractivity contribution in [3.8, 4) is 0 Å². The molecule has 0 spiro atoms. The lowest BCUT2D eigenvalue weighted by molar-refractivity contribution is -0.498. The molecule has 0 saturated carbocycles. The molecule has 4 N–H and O–H groups in total. The molecule has 2 heterocycles. The van der Waals surface area contributed by atoms with Crippen LogP contribution < -0.4 is 0 Å². The van der Waals surface area contributed by atoms with Crippen molar-refractivity contribution in [1.29, 1.82) is 0 Å². The first-order valence-electron chi connectivity index (χ1n) is 7.24. The van der Waals surface area contributed by atoms with Gasteiger partial charge in [0.05, 0.1) is 18.6 Å². The van der Waals surface area contributed by atoms with Gasteiger partial charge in [0.2, 0.25) is 12.3 Å². The number of nitro groups is 1. The van der Waals surface area contributed by atoms with E-state index in [2.05, 4.69) is 4.98 Å². The number of thiazole rings is 1. The second-order valence-electron chi connectivity index (χ2n) is 5.59. The Kier molecular flexibility index (Phi) is 6.20. The van der Waals surface area contributed by atoms with Crippen molar-refractivity contribution in [3.05, 3.63) is 26.7 Å². The molecule has 0 aliphatic carbocycles. The smallest absolute Gasteiger partial charge is 0.222 e. The zero-order valence-corrected chi connectivity index (χ0v) is 13.7. The SMILES string of the molecule is CO[C@@]1(c2nccs2)C[C@H](C[N+](=O)[O-])[C@@H](O)[C@H]([C@H](O)[C@H](O)CO)O1. The van der Waals surface area contributed by atoms with Gasteiger partial charge in [-0.25, -0.2) is 4.98 Å². The summed E-state index contributed by atoms with van der Waals surface area (Å²) in [5, 5.41) is 52.1. The topological polar surface area (TPSA) is 155 Å². The van der Waals surface area contributed by atoms with Gasteiger partial charge in [0.15, 0.2) is 5.01 Å². The highest BCUT2D eigenvalue weighted by Gasteiger charge is 2.53. The Morgan fingerprint density at radius 1 is 1.62 bits per heavy atom. The van der Waals surface area contributed by atoms with E-state index < -0.39 is 54.2 Å². The van der Waals surface area contributed by atoms with Crippen molar-refractivity contribution in [1.82, 2.24) is 4.98 Å². The molecule has 24 heavy (non-hydrogen) atoms. The van der Waals surface area contributed by atoms with E-state index in [0.29, 0.717) is 5.01 Å². The van der Waals surface area contributed by atoms with E-state index >= 15 is 0 Å². The number of methoxy groups -OCH3 is 1. The maximum absolute atomic E-state index is 10.9. The third-order valence-corrected chi connectivity index (χ3v) is 4.96. The van der Waals surface area contributed by atoms with Gasteiger partial charge in [-0.1, -0.05) is 0 Å². The van der Waals surface area contributed by atoms with Gasteiger partial charge in [-0.3, -0.25) is 10.1 Å². The van der Waals surface area contributed by atoms with E-state index in [-0.39, 0.29) is 6.42 Å². The highest BCUT2D eigenvalue weighted by molar-refractivity contribution is 7.09. The molecule has 1 saturated heterocycles. The number of rotatable bonds is 7. The Morgan fingerprint density at radius 3 is 2.83 bits per heavy atom. The zero-order chi connectivity index (χ0) is 17.9. The molecule has 0 aromatic carbocycles. The van der Waals surface area contributed by atoms with Crippen LogP contribution in [0.15, 0.2) is 11.6 Å². The first-order chi connectivity index (χ1) is 11.3. The lowest BCUT2D eigenvalue weighted by Crippen LogP contribution is -2.59. The van der Waals surface area contributed by atoms with Crippen LogP contribution in [0.5, 0.6) is 0 Å². The van der Waals surface area contributed by atoms with Gasteiger partial charge in [0.1, 0.15) is 18.3 Å². The van der Waals surface area contributed by atoms with Crippen LogP contribution in [0.2, 0.25) is 0 Å². The van der Waals surface area contributed by atoms with Crippen LogP contribution in [-0.2, 0) is 15.3 Å². The lowest BCUT2D eigenvalue weighted by Gasteiger charge is -2.45. The minimum absolute atomic E-state index is 0.0440. The zero-order valence-electron chi connectivity index (χ0n) is 12.9. The van der Waals surface area contributed by atoms with Crippen molar-refractivity contribution in [2.45, 2.75) is 36.6 Å². The Balaban J connectivity index is 2.37. The molecule has 1 fully saturated rings. The van der Waals surface area contributed by atoms with Crippen LogP contribution in [0.1, 0.15) is 11.4 Å². The van der Waals surface area contributed by atoms with Crippen molar-refractivity contribution in [2.24, 2.45) is 5.92 Å². The summed E-state index contributed by atoms with van der Waals surface area (Å²) in [6.07, 6.45) is -4.59. The van der Waals surface area contributed by atoms with E-state index in [0.717, 1.165) is 0 Å². The molecule has 0 unspecified atom stereocenters. The first-order valence-corrected chi connectivity index (χ1v) is 8.12. The van der Waals surface area contributed by atoms with E-state index in [9.17, 15) is 25.4 Å². The number of hydrogen-bond donors (Lipinski definition) is 4. The molecule has 1 aromatic rings. The molecule has 10 nitrogen and oxygen atoms in total. The summed E-state index contributed by atoms with van der Waals surface area (Å²) >= 11 is 1.20. The summed E-state index contributed by atoms with van der Waals surface area (Å²) in [6.45, 7) is -1.33. The van der Waals surface area contributed by atoms with Crippen molar-refractivity contribution in [3.63, 3.8) is 0 Å². The van der Waals surface area contributed by atoms with Crippen molar-refractivity contribution in [2.75, 3.05) is 20.3 Å². The fourth-order valence-electron chi connectivity index (χ4n) is 2.80. The number of aliphatic hydroxyl groups excluding tert-OH is 4. The number of nitrogens with zero attached hydrogens (tertiary/aromatic N) is 2. The van der Waals surface area contributed by atoms with E-state index in [1.54, 1.807) is 5.38 Å². The molecule has 11 heteroatoms. The highest BCUT2D eigenvalue weighted by atomic mass is 32.1. The number of ether oxygens (including phenoxy) is 2. The van der Waals surface area contributed by atoms with Crippen molar-refractivity contribution >= 4 is 11.3 Å². The van der Waals surface area contributed by atoms with Gasteiger partial charge in [-0.2, -0.15) is 0 Å². The predicted octanol–water partition coefficient (Wildman–Crippen LogP) is -1.30. The number of aliphatic hydroxyl groups is 4. The quantitative estimate of drug-likeness (QED) is 0.341. The van der Waals surface area contributed by atoms with Gasteiger partial charge in [-0.15, -0.1) is 11.3 Å². The molecule has 2 rings (SSSR count). The van der Waals surface area contributed by atoms with E-state index in [1.807, 2.05) is 0 Å². The Bertz CT molecular complexity index is 544. The summed E-state index contributed by atoms with van der Waals surface area (Å²) in [5.74, 6) is -2.39. The summed E-state index contributed by atoms with van der Waals surface area (Å²) < 4.78 is 11.1. The number of aromatic nitrogens is 1. The summed E-state index contributed by atoms with van der Waals surface area (Å²) in [6, 6.07) is 0. The summed E-state index contributed by atoms with van der Waals surface area (Å²) in [4.78, 5) is 14.4. The van der Waals surface area contributed by atoms with Crippen LogP contribution in [0.25, 0.3) is 0 Å². The third-order valence-electron chi connectivity index (χ3n) is 4.07. The van der Waals surface area contributed by atoms with Crippen LogP contribution in [0.3, 0.4) is 0 Å². The molecule has 136 valence electrons. The largest absolute Gasteiger partial charge is 0.394 e. The van der Waals surface area contributed by atoms with Crippen LogP contribution >= 0.6 is 11.3 Å². The molecule has 1 aliphatic rings. The Morgan fingerprint density at radius 2 is 2.33 bits per heavy atom. The normalized spacial score (nSPS) is 33.1. The summed E-state index contributed by atoms with van der Waals surface area (Å²) in [7, 11) is 1.33. The first kappa shape index (κ1) is 19.1. The predicted molar refractivity (Wildman–Crippen MR) is 80.7 cm³/mol. The maximum atomic E-state index is 10.9. The minimum Gasteiger partial charge on any atom is -0.394 e. The maximum Gasteiger partial charge on any atom is 0.222 e. The van der Waals surface area contributed by atoms with Crippen LogP contribution in [0, 0.1) is 16.0 Å². The van der Waals surface area contributed by atoms with Crippen molar-refractivity contribution < 1.29 is 34.8 Å². The highest BCUT2D eigenvalue weighted by Crippen LogP contribution is 2.43. The fourth-order valence-corrected chi connectivity index (χ4v) is 3.57. The standard InChI is InChI=1S/C13H20N2O8S/c1-22-13(12-14-2-3-24-12)4-7(5-15(20)21)9(18)11(23-13)10(19)8(17)6-16/h2-3,7-11,16-19H,4-6H2,1H3/t7-,8-,9-,10-,11-,13+/m1/s1. The second-order valence-corrected chi connectivity index (χ2v) is 6.48. The molecular weight excluding hydrogens is 344 g/mol. The van der Waals surface area contributed by atoms with Gasteiger partial charge < -0.3 is 29.9 Å². The average molecular weight is 364 g/mol. The third kappa shape index (κ3) is 3.72. The second kappa shape index (κ2) is 7.78. The van der Waals surface area contributed by atoms with Gasteiger partial charge >= 0.3 is 0 Å². The monoisotopic (exact) mass is 364 g/mol.